The summed E-state index contributed by atoms with van der Waals surface area (Å²) in [6, 6.07) is -8.40. The van der Waals surface area contributed by atoms with Gasteiger partial charge in [-0.25, -0.2) is 4.98 Å². The topological polar surface area (TPSA) is 1000 Å². The summed E-state index contributed by atoms with van der Waals surface area (Å²) in [6.45, 7) is 14.3. The van der Waals surface area contributed by atoms with Crippen LogP contribution in [0.5, 0.6) is 0 Å². The lowest BCUT2D eigenvalue weighted by atomic mass is 10.0. The Hall–Kier alpha value is -8.86. The van der Waals surface area contributed by atoms with E-state index in [-0.39, 0.29) is 73.9 Å². The maximum absolute atomic E-state index is 10.3. The van der Waals surface area contributed by atoms with Crippen molar-refractivity contribution in [2.75, 3.05) is 62.8 Å². The van der Waals surface area contributed by atoms with Crippen LogP contribution in [0.15, 0.2) is 12.5 Å². The number of carboxylic acid groups (broad SMARTS) is 15. The van der Waals surface area contributed by atoms with E-state index in [0.717, 1.165) is 76.0 Å². The van der Waals surface area contributed by atoms with E-state index in [1.807, 2.05) is 34.0 Å². The van der Waals surface area contributed by atoms with Crippen LogP contribution in [0.4, 0.5) is 0 Å². The highest BCUT2D eigenvalue weighted by Gasteiger charge is 2.23. The molecular weight excluding hydrogens is 1620 g/mol. The first-order chi connectivity index (χ1) is 53.2. The van der Waals surface area contributed by atoms with Crippen molar-refractivity contribution in [3.8, 4) is 0 Å². The number of thioether (sulfide) groups is 1. The van der Waals surface area contributed by atoms with Gasteiger partial charge in [-0.15, -0.1) is 0 Å². The fourth-order valence-corrected chi connectivity index (χ4v) is 6.63. The van der Waals surface area contributed by atoms with Gasteiger partial charge in [-0.2, -0.15) is 37.0 Å². The van der Waals surface area contributed by atoms with Crippen molar-refractivity contribution >= 4 is 132 Å². The van der Waals surface area contributed by atoms with Crippen LogP contribution in [0.25, 0.3) is 0 Å². The Morgan fingerprint density at radius 3 is 0.879 bits per heavy atom. The number of rotatable bonds is 30. The molecule has 0 saturated carbocycles. The number of nitrogens with two attached hydrogens (primary N) is 13. The first-order valence-electron chi connectivity index (χ1n) is 34.4. The summed E-state index contributed by atoms with van der Waals surface area (Å²) in [7, 11) is 0. The van der Waals surface area contributed by atoms with Crippen LogP contribution in [0.2, 0.25) is 0 Å². The number of aliphatic carboxylic acids is 15. The molecule has 0 aromatic carbocycles. The van der Waals surface area contributed by atoms with Gasteiger partial charge in [0, 0.05) is 29.8 Å². The minimum Gasteiger partial charge on any atom is -0.480 e. The second kappa shape index (κ2) is 84.1. The molecule has 682 valence electrons. The number of amides is 1. The van der Waals surface area contributed by atoms with Crippen molar-refractivity contribution in [3.63, 3.8) is 0 Å². The molecule has 3 aliphatic heterocycles. The van der Waals surface area contributed by atoms with E-state index < -0.39 is 156 Å². The third-order valence-corrected chi connectivity index (χ3v) is 14.5. The van der Waals surface area contributed by atoms with Crippen LogP contribution >= 0.6 is 37.0 Å². The molecule has 116 heavy (non-hydrogen) atoms. The molecule has 4 rings (SSSR count). The minimum atomic E-state index is -1.21. The van der Waals surface area contributed by atoms with Gasteiger partial charge >= 0.3 is 89.5 Å². The number of carbonyl (C=O) groups excluding carboxylic acids is 1. The number of primary amides is 1. The minimum absolute atomic E-state index is 0.0208. The van der Waals surface area contributed by atoms with Crippen LogP contribution in [0.1, 0.15) is 118 Å². The van der Waals surface area contributed by atoms with Crippen LogP contribution < -0.4 is 90.5 Å². The Kier molecular flexibility index (Phi) is 94.6. The summed E-state index contributed by atoms with van der Waals surface area (Å²) in [4.78, 5) is 165. The average molecular weight is 1750 g/mol. The Bertz CT molecular complexity index is 2670. The Balaban J connectivity index is -0.000000114. The summed E-state index contributed by atoms with van der Waals surface area (Å²) >= 11 is 8.90. The zero-order chi connectivity index (χ0) is 93.9. The van der Waals surface area contributed by atoms with Gasteiger partial charge in [-0.1, -0.05) is 48.0 Å². The summed E-state index contributed by atoms with van der Waals surface area (Å²) in [6.07, 6.45) is 11.2. The van der Waals surface area contributed by atoms with Crippen molar-refractivity contribution in [3.05, 3.63) is 18.2 Å². The maximum atomic E-state index is 10.3. The number of carbonyl (C=O) groups is 16. The number of aliphatic hydroxyl groups excluding tert-OH is 1. The second-order valence-electron chi connectivity index (χ2n) is 24.1. The van der Waals surface area contributed by atoms with Crippen LogP contribution in [-0.2, 0) is 83.1 Å². The summed E-state index contributed by atoms with van der Waals surface area (Å²) < 4.78 is 0. The number of hydrogen-bond acceptors (Lipinski definition) is 36. The van der Waals surface area contributed by atoms with Crippen molar-refractivity contribution < 1.29 is 158 Å². The van der Waals surface area contributed by atoms with Crippen LogP contribution in [0.3, 0.4) is 0 Å². The van der Waals surface area contributed by atoms with Gasteiger partial charge in [0.15, 0.2) is 0 Å². The monoisotopic (exact) mass is 1750 g/mol. The van der Waals surface area contributed by atoms with Crippen molar-refractivity contribution in [2.45, 2.75) is 198 Å². The standard InChI is InChI=1S/C6H9N3O2.2C6H13NO2.C5H11NO2S.3C5H9NO2.C5H11NO2.C4H8N2O3.C4H9NO3.2C3H7NO2S.3C2H5NO2/c7-5(6(10)11)1-4-2-8-3-9-4;1-4(2)3-5(7)6(8)9;1-3-4(2)5(7)6(8)9;1-9-3-2-4(6)5(7)8;3*7-5(8)4-2-1-3-6-4;1-3(2)4(6)5(7)8;5-2(4(8)9)1-3(6)7;1-2(6)3(5)4(7)8;2*4-2(1-7)3(5)6;3*3-1-2(4)5/h2-3,5H,1,7H2,(H,8,9)(H,10,11);2*4-5H,3,7H2,1-2H3,(H,8,9);4H,2-3,6H2,1H3,(H,7,8);3*4,6H,1-3H2,(H,7,8);3-4H,6H2,1-2H3,(H,7,8);2H,1,5H2,(H2,6,7)(H,8,9);2-3,6H,5H2,1H3,(H,7,8);2*2,7H,1,4H2,(H,5,6);3*1,3H2,(H,4,5)/t2*5-;4-,5-;5*4-;2-;2-,3+;2*2-;;;/m000000000100.../s1. The summed E-state index contributed by atoms with van der Waals surface area (Å²) in [5.74, 6) is -13.2. The quantitative estimate of drug-likeness (QED) is 0.0318. The van der Waals surface area contributed by atoms with E-state index in [1.165, 1.54) is 13.3 Å². The zero-order valence-electron chi connectivity index (χ0n) is 66.0. The molecule has 1 aromatic rings. The lowest BCUT2D eigenvalue weighted by molar-refractivity contribution is -0.141. The number of H-pyrrole nitrogens is 1. The van der Waals surface area contributed by atoms with Gasteiger partial charge in [0.25, 0.3) is 0 Å². The van der Waals surface area contributed by atoms with Crippen molar-refractivity contribution in [1.82, 2.24) is 25.9 Å². The molecule has 1 amide bonds. The van der Waals surface area contributed by atoms with Crippen molar-refractivity contribution in [2.24, 2.45) is 92.3 Å². The SMILES string of the molecule is CC(C)C[C@H](N)C(=O)O.CC(C)[C@H](N)C(=O)O.CC[C@H](C)[C@H](N)C(=O)O.CSCC[C@H](N)C(=O)O.C[C@@H](O)[C@H](N)C(=O)O.NC(=O)C[C@H](N)C(=O)O.NCC(=O)O.NCC(=O)O.NCC(=O)O.N[C@@H](CS)C(=O)O.N[C@@H](CS)C(=O)O.N[C@@H](Cc1cnc[nH]1)C(=O)O.O=C(O)[C@@H]1CCCN1.O=C(O)[C@@H]1CCCN1.O=C(O)[C@@H]1CCCN1. The first kappa shape index (κ1) is 131. The van der Waals surface area contributed by atoms with Gasteiger partial charge in [-0.05, 0) is 108 Å². The van der Waals surface area contributed by atoms with E-state index in [9.17, 15) is 76.7 Å². The number of aromatic amines is 1. The first-order valence-corrected chi connectivity index (χ1v) is 37.0. The van der Waals surface area contributed by atoms with Gasteiger partial charge in [-0.3, -0.25) is 76.7 Å². The molecule has 50 nitrogen and oxygen atoms in total. The zero-order valence-corrected chi connectivity index (χ0v) is 68.6. The Morgan fingerprint density at radius 2 is 0.767 bits per heavy atom. The maximum Gasteiger partial charge on any atom is 0.323 e. The number of nitrogens with zero attached hydrogens (tertiary/aromatic N) is 1. The molecular formula is C63H130N18O32S3. The fraction of sp³-hybridized carbons (Fsp3) is 0.698. The number of imidazole rings is 1. The molecule has 46 N–H and O–H groups in total. The summed E-state index contributed by atoms with van der Waals surface area (Å²) in [5, 5.41) is 139. The third kappa shape index (κ3) is 99.3. The molecule has 0 radical (unpaired) electrons. The van der Waals surface area contributed by atoms with Crippen LogP contribution in [-0.4, -0.2) is 329 Å². The largest absolute Gasteiger partial charge is 0.480 e. The number of nitrogens with one attached hydrogen (secondary N) is 4. The van der Waals surface area contributed by atoms with E-state index >= 15 is 0 Å². The molecule has 0 bridgehead atoms. The molecule has 0 aliphatic carbocycles. The lowest BCUT2D eigenvalue weighted by Crippen LogP contribution is -2.39. The lowest BCUT2D eigenvalue weighted by Gasteiger charge is -2.11. The highest BCUT2D eigenvalue weighted by Crippen LogP contribution is 2.07. The smallest absolute Gasteiger partial charge is 0.323 e. The average Bonchev–Trinajstić information content (AvgIpc) is 1.78. The van der Waals surface area contributed by atoms with Gasteiger partial charge < -0.3 is 177 Å². The van der Waals surface area contributed by atoms with Gasteiger partial charge in [0.2, 0.25) is 5.91 Å². The number of thiol groups is 2. The molecule has 0 unspecified atom stereocenters. The number of aromatic nitrogens is 2. The summed E-state index contributed by atoms with van der Waals surface area (Å²) in [5.41, 5.74) is 64.9. The third-order valence-electron chi connectivity index (χ3n) is 13.0. The normalized spacial score (nSPS) is 16.2. The molecule has 4 heterocycles. The molecule has 0 spiro atoms. The van der Waals surface area contributed by atoms with Gasteiger partial charge in [0.1, 0.15) is 72.5 Å². The number of aliphatic hydroxyl groups is 1. The van der Waals surface area contributed by atoms with E-state index in [0.29, 0.717) is 18.8 Å². The second-order valence-corrected chi connectivity index (χ2v) is 25.8. The molecule has 3 aliphatic rings. The predicted octanol–water partition coefficient (Wildman–Crippen LogP) is -7.27. The number of hydrogen-bond donors (Lipinski definition) is 35. The van der Waals surface area contributed by atoms with E-state index in [2.05, 4.69) is 74.1 Å². The predicted molar refractivity (Wildman–Crippen MR) is 429 cm³/mol. The molecule has 53 heteroatoms. The highest BCUT2D eigenvalue weighted by atomic mass is 32.2. The molecule has 14 atom stereocenters. The molecule has 1 aromatic heterocycles. The highest BCUT2D eigenvalue weighted by molar-refractivity contribution is 7.98. The number of carboxylic acids is 15. The van der Waals surface area contributed by atoms with Gasteiger partial charge in [0.05, 0.1) is 38.5 Å². The Labute approximate surface area is 685 Å². The van der Waals surface area contributed by atoms with Crippen molar-refractivity contribution in [1.29, 1.82) is 0 Å². The van der Waals surface area contributed by atoms with Crippen LogP contribution in [0, 0.1) is 17.8 Å². The molecule has 3 fully saturated rings. The molecule has 3 saturated heterocycles. The van der Waals surface area contributed by atoms with E-state index in [1.54, 1.807) is 31.8 Å². The fourth-order valence-electron chi connectivity index (χ4n) is 5.83. The Morgan fingerprint density at radius 1 is 0.466 bits per heavy atom. The van der Waals surface area contributed by atoms with E-state index in [4.69, 9.17) is 133 Å².